The molecule has 21 heavy (non-hydrogen) atoms. The summed E-state index contributed by atoms with van der Waals surface area (Å²) in [7, 11) is 0. The number of halogens is 1. The summed E-state index contributed by atoms with van der Waals surface area (Å²) in [5.74, 6) is -0.506. The van der Waals surface area contributed by atoms with Crippen LogP contribution >= 0.6 is 0 Å². The van der Waals surface area contributed by atoms with Crippen molar-refractivity contribution in [1.82, 2.24) is 4.57 Å². The van der Waals surface area contributed by atoms with Crippen molar-refractivity contribution in [3.8, 4) is 0 Å². The third kappa shape index (κ3) is 3.32. The molecular weight excluding hydrogens is 279 g/mol. The summed E-state index contributed by atoms with van der Waals surface area (Å²) in [6, 6.07) is 6.48. The molecule has 0 unspecified atom stereocenters. The number of hydrogen-bond donors (Lipinski definition) is 1. The van der Waals surface area contributed by atoms with Crippen molar-refractivity contribution >= 4 is 5.69 Å². The van der Waals surface area contributed by atoms with Crippen LogP contribution in [0.15, 0.2) is 41.3 Å². The Balaban J connectivity index is 2.33. The second-order valence-electron chi connectivity index (χ2n) is 4.66. The third-order valence-electron chi connectivity index (χ3n) is 3.10. The highest BCUT2D eigenvalue weighted by Gasteiger charge is 2.16. The number of aromatic nitrogens is 1. The van der Waals surface area contributed by atoms with Crippen molar-refractivity contribution in [2.24, 2.45) is 0 Å². The van der Waals surface area contributed by atoms with Crippen molar-refractivity contribution in [1.29, 1.82) is 0 Å². The summed E-state index contributed by atoms with van der Waals surface area (Å²) < 4.78 is 14.1. The van der Waals surface area contributed by atoms with E-state index in [2.05, 4.69) is 0 Å². The predicted molar refractivity (Wildman–Crippen MR) is 73.5 cm³/mol. The fraction of sp³-hybridized carbons (Fsp3) is 0.214. The molecule has 0 spiro atoms. The molecule has 1 N–H and O–H groups in total. The maximum Gasteiger partial charge on any atom is 0.288 e. The van der Waals surface area contributed by atoms with Gasteiger partial charge in [-0.2, -0.15) is 0 Å². The molecule has 110 valence electrons. The van der Waals surface area contributed by atoms with Crippen molar-refractivity contribution in [3.05, 3.63) is 73.9 Å². The molecule has 6 nitrogen and oxygen atoms in total. The fourth-order valence-corrected chi connectivity index (χ4v) is 1.99. The minimum absolute atomic E-state index is 0.191. The molecule has 0 fully saturated rings. The van der Waals surface area contributed by atoms with Crippen LogP contribution in [0.2, 0.25) is 0 Å². The Morgan fingerprint density at radius 1 is 1.43 bits per heavy atom. The van der Waals surface area contributed by atoms with Crippen LogP contribution in [0.25, 0.3) is 0 Å². The smallest absolute Gasteiger partial charge is 0.288 e. The van der Waals surface area contributed by atoms with Crippen LogP contribution in [-0.4, -0.2) is 14.6 Å². The lowest BCUT2D eigenvalue weighted by Crippen LogP contribution is -2.23. The quantitative estimate of drug-likeness (QED) is 0.689. The van der Waals surface area contributed by atoms with E-state index in [1.54, 1.807) is 0 Å². The zero-order chi connectivity index (χ0) is 15.6. The number of aryl methyl sites for hydroxylation is 1. The van der Waals surface area contributed by atoms with Gasteiger partial charge in [0.1, 0.15) is 5.82 Å². The van der Waals surface area contributed by atoms with Gasteiger partial charge in [0.05, 0.1) is 23.8 Å². The summed E-state index contributed by atoms with van der Waals surface area (Å²) in [4.78, 5) is 22.1. The van der Waals surface area contributed by atoms with E-state index in [1.165, 1.54) is 25.1 Å². The molecule has 0 radical (unpaired) electrons. The van der Waals surface area contributed by atoms with Gasteiger partial charge in [-0.15, -0.1) is 0 Å². The zero-order valence-electron chi connectivity index (χ0n) is 11.2. The largest absolute Gasteiger partial charge is 0.387 e. The minimum Gasteiger partial charge on any atom is -0.387 e. The standard InChI is InChI=1S/C14H13FN2O4/c1-9-5-14(19)16(7-12(9)17(20)21)8-13(18)10-3-2-4-11(15)6-10/h2-7,13,18H,8H2,1H3/t13-/m1/s1. The number of nitrogens with zero attached hydrogens (tertiary/aromatic N) is 2. The lowest BCUT2D eigenvalue weighted by molar-refractivity contribution is -0.386. The minimum atomic E-state index is -1.14. The molecule has 0 saturated carbocycles. The van der Waals surface area contributed by atoms with Gasteiger partial charge < -0.3 is 9.67 Å². The number of aliphatic hydroxyl groups is 1. The zero-order valence-corrected chi connectivity index (χ0v) is 11.2. The summed E-state index contributed by atoms with van der Waals surface area (Å²) >= 11 is 0. The number of benzene rings is 1. The highest BCUT2D eigenvalue weighted by Crippen LogP contribution is 2.18. The highest BCUT2D eigenvalue weighted by atomic mass is 19.1. The predicted octanol–water partition coefficient (Wildman–Crippen LogP) is 1.94. The van der Waals surface area contributed by atoms with E-state index in [1.807, 2.05) is 0 Å². The van der Waals surface area contributed by atoms with Gasteiger partial charge in [0.25, 0.3) is 11.2 Å². The number of nitro groups is 1. The summed E-state index contributed by atoms with van der Waals surface area (Å²) in [5, 5.41) is 20.9. The molecule has 1 heterocycles. The lowest BCUT2D eigenvalue weighted by Gasteiger charge is -2.13. The van der Waals surface area contributed by atoms with Gasteiger partial charge in [-0.3, -0.25) is 14.9 Å². The monoisotopic (exact) mass is 292 g/mol. The first-order valence-corrected chi connectivity index (χ1v) is 6.17. The second-order valence-corrected chi connectivity index (χ2v) is 4.66. The topological polar surface area (TPSA) is 85.4 Å². The van der Waals surface area contributed by atoms with Crippen molar-refractivity contribution in [3.63, 3.8) is 0 Å². The van der Waals surface area contributed by atoms with Crippen LogP contribution in [0.1, 0.15) is 17.2 Å². The molecule has 1 aromatic heterocycles. The molecule has 0 aliphatic rings. The number of aliphatic hydroxyl groups excluding tert-OH is 1. The summed E-state index contributed by atoms with van der Waals surface area (Å²) in [6.45, 7) is 1.27. The van der Waals surface area contributed by atoms with E-state index in [-0.39, 0.29) is 17.8 Å². The Hall–Kier alpha value is -2.54. The van der Waals surface area contributed by atoms with E-state index in [4.69, 9.17) is 0 Å². The first-order chi connectivity index (χ1) is 9.88. The molecule has 0 aliphatic heterocycles. The van der Waals surface area contributed by atoms with Crippen LogP contribution in [0, 0.1) is 22.9 Å². The molecular formula is C14H13FN2O4. The van der Waals surface area contributed by atoms with E-state index < -0.39 is 22.4 Å². The average Bonchev–Trinajstić information content (AvgIpc) is 2.41. The third-order valence-corrected chi connectivity index (χ3v) is 3.10. The molecule has 2 rings (SSSR count). The maximum absolute atomic E-state index is 13.1. The van der Waals surface area contributed by atoms with Crippen molar-refractivity contribution < 1.29 is 14.4 Å². The van der Waals surface area contributed by atoms with Crippen molar-refractivity contribution in [2.75, 3.05) is 0 Å². The number of hydrogen-bond acceptors (Lipinski definition) is 4. The summed E-state index contributed by atoms with van der Waals surface area (Å²) in [6.07, 6.45) is -0.0547. The van der Waals surface area contributed by atoms with Gasteiger partial charge in [0.2, 0.25) is 0 Å². The first-order valence-electron chi connectivity index (χ1n) is 6.17. The Kier molecular flexibility index (Phi) is 4.13. The van der Waals surface area contributed by atoms with Crippen LogP contribution in [-0.2, 0) is 6.54 Å². The number of rotatable bonds is 4. The molecule has 0 aliphatic carbocycles. The fourth-order valence-electron chi connectivity index (χ4n) is 1.99. The van der Waals surface area contributed by atoms with Crippen LogP contribution in [0.3, 0.4) is 0 Å². The average molecular weight is 292 g/mol. The Morgan fingerprint density at radius 3 is 2.76 bits per heavy atom. The molecule has 2 aromatic rings. The summed E-state index contributed by atoms with van der Waals surface area (Å²) in [5.41, 5.74) is -0.124. The van der Waals surface area contributed by atoms with Gasteiger partial charge in [0, 0.05) is 11.6 Å². The SMILES string of the molecule is Cc1cc(=O)n(C[C@@H](O)c2cccc(F)c2)cc1[N+](=O)[O-]. The number of pyridine rings is 1. The Bertz CT molecular complexity index is 742. The molecule has 0 bridgehead atoms. The van der Waals surface area contributed by atoms with Gasteiger partial charge in [-0.25, -0.2) is 4.39 Å². The molecule has 7 heteroatoms. The van der Waals surface area contributed by atoms with Crippen LogP contribution < -0.4 is 5.56 Å². The molecule has 1 aromatic carbocycles. The van der Waals surface area contributed by atoms with Crippen molar-refractivity contribution in [2.45, 2.75) is 19.6 Å². The van der Waals surface area contributed by atoms with Gasteiger partial charge in [-0.05, 0) is 24.6 Å². The normalized spacial score (nSPS) is 12.1. The van der Waals surface area contributed by atoms with E-state index in [0.29, 0.717) is 5.56 Å². The lowest BCUT2D eigenvalue weighted by atomic mass is 10.1. The van der Waals surface area contributed by atoms with Gasteiger partial charge in [-0.1, -0.05) is 12.1 Å². The van der Waals surface area contributed by atoms with E-state index in [0.717, 1.165) is 22.9 Å². The van der Waals surface area contributed by atoms with Crippen LogP contribution in [0.5, 0.6) is 0 Å². The van der Waals surface area contributed by atoms with Gasteiger partial charge >= 0.3 is 0 Å². The first kappa shape index (κ1) is 14.9. The molecule has 0 saturated heterocycles. The van der Waals surface area contributed by atoms with E-state index >= 15 is 0 Å². The van der Waals surface area contributed by atoms with Gasteiger partial charge in [0.15, 0.2) is 0 Å². The molecule has 1 atom stereocenters. The Labute approximate surface area is 119 Å². The highest BCUT2D eigenvalue weighted by molar-refractivity contribution is 5.35. The van der Waals surface area contributed by atoms with Crippen LogP contribution in [0.4, 0.5) is 10.1 Å². The Morgan fingerprint density at radius 2 is 2.14 bits per heavy atom. The molecule has 0 amide bonds. The van der Waals surface area contributed by atoms with E-state index in [9.17, 15) is 24.4 Å². The second kappa shape index (κ2) is 5.84. The maximum atomic E-state index is 13.1.